The summed E-state index contributed by atoms with van der Waals surface area (Å²) < 4.78 is 5.26. The Labute approximate surface area is 160 Å². The fourth-order valence-electron chi connectivity index (χ4n) is 3.54. The summed E-state index contributed by atoms with van der Waals surface area (Å²) in [5.41, 5.74) is 1.36. The number of H-pyrrole nitrogens is 1. The van der Waals surface area contributed by atoms with Gasteiger partial charge in [-0.2, -0.15) is 0 Å². The Kier molecular flexibility index (Phi) is 5.73. The Bertz CT molecular complexity index is 798. The molecule has 3 N–H and O–H groups in total. The van der Waals surface area contributed by atoms with E-state index >= 15 is 0 Å². The lowest BCUT2D eigenvalue weighted by Gasteiger charge is -2.28. The van der Waals surface area contributed by atoms with Crippen LogP contribution in [0.4, 0.5) is 10.5 Å². The van der Waals surface area contributed by atoms with E-state index in [0.29, 0.717) is 12.5 Å². The fourth-order valence-corrected chi connectivity index (χ4v) is 3.54. The van der Waals surface area contributed by atoms with E-state index in [1.165, 1.54) is 0 Å². The van der Waals surface area contributed by atoms with Crippen molar-refractivity contribution >= 4 is 28.6 Å². The van der Waals surface area contributed by atoms with E-state index in [1.54, 1.807) is 0 Å². The molecule has 6 heteroatoms. The van der Waals surface area contributed by atoms with Crippen LogP contribution in [0.5, 0.6) is 0 Å². The Hall–Kier alpha value is -2.50. The van der Waals surface area contributed by atoms with Crippen molar-refractivity contribution in [1.29, 1.82) is 0 Å². The van der Waals surface area contributed by atoms with Crippen molar-refractivity contribution in [2.75, 3.05) is 11.9 Å². The highest BCUT2D eigenvalue weighted by atomic mass is 16.6. The second-order valence-corrected chi connectivity index (χ2v) is 8.37. The molecule has 1 aromatic carbocycles. The van der Waals surface area contributed by atoms with Crippen LogP contribution in [0, 0.1) is 11.8 Å². The van der Waals surface area contributed by atoms with Gasteiger partial charge in [-0.05, 0) is 76.0 Å². The minimum absolute atomic E-state index is 0.0297. The van der Waals surface area contributed by atoms with Crippen LogP contribution >= 0.6 is 0 Å². The number of ether oxygens (including phenoxy) is 1. The summed E-state index contributed by atoms with van der Waals surface area (Å²) in [7, 11) is 0. The van der Waals surface area contributed by atoms with Gasteiger partial charge in [0.25, 0.3) is 0 Å². The van der Waals surface area contributed by atoms with Gasteiger partial charge in [-0.15, -0.1) is 0 Å². The second-order valence-electron chi connectivity index (χ2n) is 8.37. The molecule has 1 aliphatic rings. The quantitative estimate of drug-likeness (QED) is 0.743. The highest BCUT2D eigenvalue weighted by Gasteiger charge is 2.27. The van der Waals surface area contributed by atoms with E-state index in [4.69, 9.17) is 4.74 Å². The minimum Gasteiger partial charge on any atom is -0.444 e. The number of amides is 2. The topological polar surface area (TPSA) is 83.2 Å². The molecule has 0 radical (unpaired) electrons. The Morgan fingerprint density at radius 2 is 1.89 bits per heavy atom. The van der Waals surface area contributed by atoms with E-state index in [-0.39, 0.29) is 17.9 Å². The van der Waals surface area contributed by atoms with Gasteiger partial charge < -0.3 is 20.4 Å². The predicted molar refractivity (Wildman–Crippen MR) is 107 cm³/mol. The van der Waals surface area contributed by atoms with E-state index in [0.717, 1.165) is 42.3 Å². The molecule has 0 unspecified atom stereocenters. The summed E-state index contributed by atoms with van der Waals surface area (Å²) in [5.74, 6) is 0.512. The van der Waals surface area contributed by atoms with Crippen LogP contribution in [-0.2, 0) is 9.53 Å². The van der Waals surface area contributed by atoms with Crippen molar-refractivity contribution < 1.29 is 14.3 Å². The normalized spacial score (nSPS) is 20.3. The van der Waals surface area contributed by atoms with Crippen LogP contribution in [0.15, 0.2) is 30.5 Å². The zero-order valence-electron chi connectivity index (χ0n) is 16.3. The molecule has 0 atom stereocenters. The van der Waals surface area contributed by atoms with Gasteiger partial charge in [0.2, 0.25) is 5.91 Å². The molecule has 2 aromatic rings. The average Bonchev–Trinajstić information content (AvgIpc) is 3.06. The number of nitrogens with one attached hydrogen (secondary N) is 3. The Balaban J connectivity index is 1.43. The molecular weight excluding hydrogens is 342 g/mol. The summed E-state index contributed by atoms with van der Waals surface area (Å²) in [6.07, 6.45) is 5.08. The third-order valence-corrected chi connectivity index (χ3v) is 4.97. The molecule has 6 nitrogen and oxygen atoms in total. The zero-order chi connectivity index (χ0) is 19.4. The maximum Gasteiger partial charge on any atom is 0.407 e. The number of aromatic nitrogens is 1. The Morgan fingerprint density at radius 3 is 2.59 bits per heavy atom. The molecule has 1 saturated carbocycles. The number of anilines is 1. The number of benzene rings is 1. The van der Waals surface area contributed by atoms with Crippen LogP contribution in [-0.4, -0.2) is 29.1 Å². The number of rotatable bonds is 4. The Morgan fingerprint density at radius 1 is 1.15 bits per heavy atom. The number of aromatic amines is 1. The smallest absolute Gasteiger partial charge is 0.407 e. The summed E-state index contributed by atoms with van der Waals surface area (Å²) in [6, 6.07) is 7.91. The van der Waals surface area contributed by atoms with Crippen LogP contribution in [0.25, 0.3) is 10.9 Å². The number of hydrogen-bond donors (Lipinski definition) is 3. The SMILES string of the molecule is CC(C)(C)OC(=O)NCC1CCC(C(=O)Nc2ccc3cc[nH]c3c2)CC1. The van der Waals surface area contributed by atoms with E-state index in [9.17, 15) is 9.59 Å². The van der Waals surface area contributed by atoms with Crippen molar-refractivity contribution in [3.05, 3.63) is 30.5 Å². The van der Waals surface area contributed by atoms with E-state index < -0.39 is 5.60 Å². The largest absolute Gasteiger partial charge is 0.444 e. The van der Waals surface area contributed by atoms with Gasteiger partial charge in [0.15, 0.2) is 0 Å². The van der Waals surface area contributed by atoms with Gasteiger partial charge in [0, 0.05) is 29.9 Å². The first-order chi connectivity index (χ1) is 12.8. The fraction of sp³-hybridized carbons (Fsp3) is 0.524. The molecule has 0 bridgehead atoms. The molecule has 146 valence electrons. The molecule has 27 heavy (non-hydrogen) atoms. The van der Waals surface area contributed by atoms with Gasteiger partial charge in [0.05, 0.1) is 0 Å². The third-order valence-electron chi connectivity index (χ3n) is 4.97. The molecule has 1 fully saturated rings. The predicted octanol–water partition coefficient (Wildman–Crippen LogP) is 4.44. The molecule has 1 aliphatic carbocycles. The van der Waals surface area contributed by atoms with Gasteiger partial charge in [-0.3, -0.25) is 4.79 Å². The molecule has 0 spiro atoms. The highest BCUT2D eigenvalue weighted by molar-refractivity contribution is 5.95. The molecular formula is C21H29N3O3. The summed E-state index contributed by atoms with van der Waals surface area (Å²) in [6.45, 7) is 6.16. The lowest BCUT2D eigenvalue weighted by atomic mass is 9.81. The van der Waals surface area contributed by atoms with E-state index in [2.05, 4.69) is 15.6 Å². The number of fused-ring (bicyclic) bond motifs is 1. The molecule has 2 amide bonds. The van der Waals surface area contributed by atoms with Gasteiger partial charge in [-0.1, -0.05) is 6.07 Å². The molecule has 3 rings (SSSR count). The second kappa shape index (κ2) is 8.03. The highest BCUT2D eigenvalue weighted by Crippen LogP contribution is 2.29. The first kappa shape index (κ1) is 19.3. The minimum atomic E-state index is -0.483. The summed E-state index contributed by atoms with van der Waals surface area (Å²) in [4.78, 5) is 27.5. The van der Waals surface area contributed by atoms with Crippen LogP contribution in [0.1, 0.15) is 46.5 Å². The summed E-state index contributed by atoms with van der Waals surface area (Å²) >= 11 is 0. The van der Waals surface area contributed by atoms with Crippen molar-refractivity contribution in [2.45, 2.75) is 52.1 Å². The van der Waals surface area contributed by atoms with Crippen LogP contribution in [0.2, 0.25) is 0 Å². The lowest BCUT2D eigenvalue weighted by Crippen LogP contribution is -2.37. The van der Waals surface area contributed by atoms with Crippen LogP contribution in [0.3, 0.4) is 0 Å². The van der Waals surface area contributed by atoms with Crippen molar-refractivity contribution in [1.82, 2.24) is 10.3 Å². The molecule has 1 heterocycles. The van der Waals surface area contributed by atoms with Gasteiger partial charge in [0.1, 0.15) is 5.60 Å². The van der Waals surface area contributed by atoms with Gasteiger partial charge in [-0.25, -0.2) is 4.79 Å². The van der Waals surface area contributed by atoms with Gasteiger partial charge >= 0.3 is 6.09 Å². The zero-order valence-corrected chi connectivity index (χ0v) is 16.3. The number of hydrogen-bond acceptors (Lipinski definition) is 3. The molecule has 0 saturated heterocycles. The first-order valence-electron chi connectivity index (χ1n) is 9.65. The standard InChI is InChI=1S/C21H29N3O3/c1-21(2,3)27-20(26)23-13-14-4-6-16(7-5-14)19(25)24-17-9-8-15-10-11-22-18(15)12-17/h8-12,14,16,22H,4-7,13H2,1-3H3,(H,23,26)(H,24,25). The van der Waals surface area contributed by atoms with Crippen molar-refractivity contribution in [3.63, 3.8) is 0 Å². The number of carbonyl (C=O) groups is 2. The third kappa shape index (κ3) is 5.49. The number of alkyl carbamates (subject to hydrolysis) is 1. The van der Waals surface area contributed by atoms with Crippen molar-refractivity contribution in [2.24, 2.45) is 11.8 Å². The maximum atomic E-state index is 12.6. The average molecular weight is 371 g/mol. The number of carbonyl (C=O) groups excluding carboxylic acids is 2. The van der Waals surface area contributed by atoms with E-state index in [1.807, 2.05) is 51.2 Å². The summed E-state index contributed by atoms with van der Waals surface area (Å²) in [5, 5.41) is 7.01. The van der Waals surface area contributed by atoms with Crippen molar-refractivity contribution in [3.8, 4) is 0 Å². The maximum absolute atomic E-state index is 12.6. The van der Waals surface area contributed by atoms with Crippen LogP contribution < -0.4 is 10.6 Å². The first-order valence-corrected chi connectivity index (χ1v) is 9.65. The monoisotopic (exact) mass is 371 g/mol. The lowest BCUT2D eigenvalue weighted by molar-refractivity contribution is -0.121. The molecule has 0 aliphatic heterocycles. The molecule has 1 aromatic heterocycles.